The number of nitrogens with zero attached hydrogens (tertiary/aromatic N) is 3. The smallest absolute Gasteiger partial charge is 0.155 e. The van der Waals surface area contributed by atoms with Crippen molar-refractivity contribution in [1.82, 2.24) is 14.6 Å². The number of rotatable bonds is 6. The lowest BCUT2D eigenvalue weighted by Gasteiger charge is -2.08. The SMILES string of the molecule is COc1ccccc1/C=C/CNc1cccc(-c2ccnc3ccnn23)c1. The molecule has 134 valence electrons. The van der Waals surface area contributed by atoms with Crippen molar-refractivity contribution in [1.29, 1.82) is 0 Å². The average molecular weight is 356 g/mol. The Balaban J connectivity index is 1.49. The molecule has 4 rings (SSSR count). The fourth-order valence-electron chi connectivity index (χ4n) is 3.01. The summed E-state index contributed by atoms with van der Waals surface area (Å²) in [4.78, 5) is 4.32. The monoisotopic (exact) mass is 356 g/mol. The van der Waals surface area contributed by atoms with Crippen LogP contribution in [0.5, 0.6) is 5.75 Å². The van der Waals surface area contributed by atoms with Gasteiger partial charge in [0.05, 0.1) is 19.0 Å². The van der Waals surface area contributed by atoms with Crippen LogP contribution in [0.3, 0.4) is 0 Å². The van der Waals surface area contributed by atoms with Gasteiger partial charge < -0.3 is 10.1 Å². The molecule has 4 aromatic rings. The van der Waals surface area contributed by atoms with Gasteiger partial charge in [0.25, 0.3) is 0 Å². The third-order valence-electron chi connectivity index (χ3n) is 4.31. The Bertz CT molecular complexity index is 1080. The topological polar surface area (TPSA) is 51.5 Å². The Kier molecular flexibility index (Phi) is 4.83. The highest BCUT2D eigenvalue weighted by atomic mass is 16.5. The van der Waals surface area contributed by atoms with E-state index >= 15 is 0 Å². The molecule has 27 heavy (non-hydrogen) atoms. The van der Waals surface area contributed by atoms with Crippen molar-refractivity contribution >= 4 is 17.4 Å². The number of hydrogen-bond acceptors (Lipinski definition) is 4. The van der Waals surface area contributed by atoms with Gasteiger partial charge in [0.2, 0.25) is 0 Å². The minimum atomic E-state index is 0.717. The van der Waals surface area contributed by atoms with Gasteiger partial charge in [-0.05, 0) is 24.3 Å². The highest BCUT2D eigenvalue weighted by Gasteiger charge is 2.05. The molecule has 1 N–H and O–H groups in total. The fraction of sp³-hybridized carbons (Fsp3) is 0.0909. The summed E-state index contributed by atoms with van der Waals surface area (Å²) in [6, 6.07) is 20.1. The molecule has 0 bridgehead atoms. The highest BCUT2D eigenvalue weighted by molar-refractivity contribution is 5.67. The van der Waals surface area contributed by atoms with Crippen LogP contribution in [0.15, 0.2) is 79.1 Å². The maximum atomic E-state index is 5.37. The number of aromatic nitrogens is 3. The first-order valence-corrected chi connectivity index (χ1v) is 8.78. The zero-order valence-corrected chi connectivity index (χ0v) is 15.0. The number of para-hydroxylation sites is 1. The van der Waals surface area contributed by atoms with Gasteiger partial charge >= 0.3 is 0 Å². The Morgan fingerprint density at radius 3 is 2.89 bits per heavy atom. The van der Waals surface area contributed by atoms with Crippen LogP contribution in [0, 0.1) is 0 Å². The largest absolute Gasteiger partial charge is 0.496 e. The molecule has 0 radical (unpaired) electrons. The lowest BCUT2D eigenvalue weighted by atomic mass is 10.1. The first kappa shape index (κ1) is 16.8. The number of anilines is 1. The molecule has 0 fully saturated rings. The van der Waals surface area contributed by atoms with Crippen LogP contribution in [-0.2, 0) is 0 Å². The van der Waals surface area contributed by atoms with Crippen molar-refractivity contribution < 1.29 is 4.74 Å². The molecular weight excluding hydrogens is 336 g/mol. The molecule has 0 aliphatic rings. The van der Waals surface area contributed by atoms with Gasteiger partial charge in [0.15, 0.2) is 5.65 Å². The normalized spacial score (nSPS) is 11.1. The zero-order valence-electron chi connectivity index (χ0n) is 15.0. The van der Waals surface area contributed by atoms with E-state index in [1.807, 2.05) is 53.2 Å². The number of fused-ring (bicyclic) bond motifs is 1. The number of hydrogen-bond donors (Lipinski definition) is 1. The second-order valence-corrected chi connectivity index (χ2v) is 6.04. The summed E-state index contributed by atoms with van der Waals surface area (Å²) in [7, 11) is 1.69. The van der Waals surface area contributed by atoms with E-state index < -0.39 is 0 Å². The van der Waals surface area contributed by atoms with Crippen molar-refractivity contribution in [3.05, 3.63) is 84.7 Å². The van der Waals surface area contributed by atoms with Gasteiger partial charge in [0, 0.05) is 35.6 Å². The number of benzene rings is 2. The summed E-state index contributed by atoms with van der Waals surface area (Å²) in [6.45, 7) is 0.717. The van der Waals surface area contributed by atoms with Crippen LogP contribution >= 0.6 is 0 Å². The number of methoxy groups -OCH3 is 1. The van der Waals surface area contributed by atoms with Gasteiger partial charge in [-0.1, -0.05) is 42.5 Å². The Hall–Kier alpha value is -3.60. The van der Waals surface area contributed by atoms with Gasteiger partial charge in [-0.2, -0.15) is 5.10 Å². The number of ether oxygens (including phenoxy) is 1. The molecule has 0 saturated heterocycles. The van der Waals surface area contributed by atoms with E-state index in [-0.39, 0.29) is 0 Å². The summed E-state index contributed by atoms with van der Waals surface area (Å²) in [5.41, 5.74) is 5.05. The molecule has 0 saturated carbocycles. The van der Waals surface area contributed by atoms with Gasteiger partial charge in [-0.15, -0.1) is 0 Å². The zero-order chi connectivity index (χ0) is 18.5. The van der Waals surface area contributed by atoms with Crippen molar-refractivity contribution in [2.24, 2.45) is 0 Å². The average Bonchev–Trinajstić information content (AvgIpc) is 3.20. The lowest BCUT2D eigenvalue weighted by molar-refractivity contribution is 0.414. The third kappa shape index (κ3) is 3.67. The predicted octanol–water partition coefficient (Wildman–Crippen LogP) is 4.53. The molecular formula is C22H20N4O. The molecule has 0 spiro atoms. The molecule has 5 heteroatoms. The maximum Gasteiger partial charge on any atom is 0.155 e. The Morgan fingerprint density at radius 1 is 1.04 bits per heavy atom. The van der Waals surface area contributed by atoms with E-state index in [2.05, 4.69) is 45.8 Å². The Morgan fingerprint density at radius 2 is 1.96 bits per heavy atom. The lowest BCUT2D eigenvalue weighted by Crippen LogP contribution is -1.99. The van der Waals surface area contributed by atoms with E-state index in [9.17, 15) is 0 Å². The standard InChI is InChI=1S/C22H20N4O/c1-27-21-10-3-2-6-17(21)8-5-13-23-19-9-4-7-18(16-19)20-11-14-24-22-12-15-25-26(20)22/h2-12,14-16,23H,13H2,1H3/b8-5+. The maximum absolute atomic E-state index is 5.37. The Labute approximate surface area is 158 Å². The second-order valence-electron chi connectivity index (χ2n) is 6.04. The van der Waals surface area contributed by atoms with E-state index in [4.69, 9.17) is 4.74 Å². The van der Waals surface area contributed by atoms with Crippen molar-refractivity contribution in [3.8, 4) is 17.0 Å². The molecule has 0 atom stereocenters. The van der Waals surface area contributed by atoms with Crippen LogP contribution in [0.25, 0.3) is 23.0 Å². The van der Waals surface area contributed by atoms with Gasteiger partial charge in [-0.3, -0.25) is 0 Å². The van der Waals surface area contributed by atoms with Crippen molar-refractivity contribution in [2.45, 2.75) is 0 Å². The first-order valence-electron chi connectivity index (χ1n) is 8.78. The van der Waals surface area contributed by atoms with E-state index in [0.29, 0.717) is 0 Å². The highest BCUT2D eigenvalue weighted by Crippen LogP contribution is 2.23. The molecule has 0 aliphatic carbocycles. The van der Waals surface area contributed by atoms with Crippen LogP contribution in [0.4, 0.5) is 5.69 Å². The molecule has 2 aromatic carbocycles. The molecule has 2 heterocycles. The molecule has 0 amide bonds. The quantitative estimate of drug-likeness (QED) is 0.551. The molecule has 2 aromatic heterocycles. The number of nitrogens with one attached hydrogen (secondary N) is 1. The van der Waals surface area contributed by atoms with Crippen molar-refractivity contribution in [2.75, 3.05) is 19.0 Å². The van der Waals surface area contributed by atoms with Crippen molar-refractivity contribution in [3.63, 3.8) is 0 Å². The predicted molar refractivity (Wildman–Crippen MR) is 109 cm³/mol. The van der Waals surface area contributed by atoms with E-state index in [1.54, 1.807) is 13.3 Å². The first-order chi connectivity index (χ1) is 13.3. The summed E-state index contributed by atoms with van der Waals surface area (Å²) in [6.07, 6.45) is 7.72. The molecule has 5 nitrogen and oxygen atoms in total. The summed E-state index contributed by atoms with van der Waals surface area (Å²) < 4.78 is 7.22. The summed E-state index contributed by atoms with van der Waals surface area (Å²) in [5, 5.41) is 7.79. The van der Waals surface area contributed by atoms with Crippen LogP contribution in [-0.4, -0.2) is 28.3 Å². The minimum absolute atomic E-state index is 0.717. The van der Waals surface area contributed by atoms with Crippen LogP contribution < -0.4 is 10.1 Å². The van der Waals surface area contributed by atoms with E-state index in [0.717, 1.165) is 40.4 Å². The fourth-order valence-corrected chi connectivity index (χ4v) is 3.01. The third-order valence-corrected chi connectivity index (χ3v) is 4.31. The van der Waals surface area contributed by atoms with Gasteiger partial charge in [-0.25, -0.2) is 9.50 Å². The van der Waals surface area contributed by atoms with Gasteiger partial charge in [0.1, 0.15) is 5.75 Å². The van der Waals surface area contributed by atoms with E-state index in [1.165, 1.54) is 0 Å². The second kappa shape index (κ2) is 7.74. The minimum Gasteiger partial charge on any atom is -0.496 e. The summed E-state index contributed by atoms with van der Waals surface area (Å²) >= 11 is 0. The molecule has 0 aliphatic heterocycles. The summed E-state index contributed by atoms with van der Waals surface area (Å²) in [5.74, 6) is 0.872. The van der Waals surface area contributed by atoms with Crippen LogP contribution in [0.2, 0.25) is 0 Å². The van der Waals surface area contributed by atoms with Crippen LogP contribution in [0.1, 0.15) is 5.56 Å². The molecule has 0 unspecified atom stereocenters.